The third-order valence-electron chi connectivity index (χ3n) is 24.0. The van der Waals surface area contributed by atoms with Gasteiger partial charge in [0.2, 0.25) is 11.4 Å². The molecule has 112 heavy (non-hydrogen) atoms. The third-order valence-corrected chi connectivity index (χ3v) is 41.2. The van der Waals surface area contributed by atoms with Crippen LogP contribution in [-0.2, 0) is 59.9 Å². The molecule has 0 amide bonds. The first kappa shape index (κ1) is 91.4. The van der Waals surface area contributed by atoms with Gasteiger partial charge < -0.3 is 0 Å². The van der Waals surface area contributed by atoms with Crippen molar-refractivity contribution in [2.45, 2.75) is 256 Å². The summed E-state index contributed by atoms with van der Waals surface area (Å²) in [5.74, 6) is 24.4. The summed E-state index contributed by atoms with van der Waals surface area (Å²) in [7, 11) is 8.16. The van der Waals surface area contributed by atoms with E-state index in [9.17, 15) is 0 Å². The molecule has 5 nitrogen and oxygen atoms in total. The second-order valence-electron chi connectivity index (χ2n) is 40.2. The van der Waals surface area contributed by atoms with E-state index in [0.29, 0.717) is 5.92 Å². The summed E-state index contributed by atoms with van der Waals surface area (Å²) >= 11 is -5.30. The second kappa shape index (κ2) is 38.3. The topological polar surface area (TPSA) is 19.4 Å². The van der Waals surface area contributed by atoms with Crippen LogP contribution in [0.3, 0.4) is 0 Å². The van der Waals surface area contributed by atoms with Gasteiger partial charge in [-0.3, -0.25) is 0 Å². The third kappa shape index (κ3) is 24.1. The molecule has 0 saturated heterocycles. The van der Waals surface area contributed by atoms with Crippen LogP contribution in [0.15, 0.2) is 177 Å². The van der Waals surface area contributed by atoms with Crippen LogP contribution in [0.2, 0.25) is 91.1 Å². The average Bonchev–Trinajstić information content (AvgIpc) is 0.998. The zero-order valence-corrected chi connectivity index (χ0v) is 84.8. The summed E-state index contributed by atoms with van der Waals surface area (Å²) < 4.78 is 16.4. The van der Waals surface area contributed by atoms with Crippen LogP contribution in [0.1, 0.15) is 160 Å². The number of rotatable bonds is 16. The molecule has 0 aliphatic heterocycles. The monoisotopic (exact) mass is 1720 g/mol. The predicted octanol–water partition coefficient (Wildman–Crippen LogP) is 21.9. The summed E-state index contributed by atoms with van der Waals surface area (Å²) in [6, 6.07) is 54.3. The fraction of sp³-hybridized carbons (Fsp3) is 0.461. The van der Waals surface area contributed by atoms with Crippen LogP contribution in [-0.4, -0.2) is 55.9 Å². The van der Waals surface area contributed by atoms with E-state index in [2.05, 4.69) is 409 Å². The van der Waals surface area contributed by atoms with Crippen molar-refractivity contribution in [1.82, 2.24) is 0 Å². The van der Waals surface area contributed by atoms with Gasteiger partial charge in [-0.1, -0.05) is 150 Å². The van der Waals surface area contributed by atoms with Gasteiger partial charge in [0.1, 0.15) is 14.1 Å². The van der Waals surface area contributed by atoms with Crippen LogP contribution < -0.4 is 46.4 Å². The standard InChI is InChI=1S/C26H40NSi.C25H38NSi.C18H26GeN.C17H24GeN.C16H22GeN/c1-19-15-22(26(2,3)4)13-14-23(19)24-17-25(28(6,7)8)21(18-27(24)5)16-20-11-9-10-12-20;1-18(2)21-13-12-19(3)23(15-21)24-16-25(27(5,6)7)22(17-26(24)4)14-20-10-8-9-11-20;1-7-15-12-18(16-11-9-8-10-14(16)2)20(6)13-17(15)19(3,4)5;1-13-9-7-8-10-15(13)17-11-14(2)16(12-19(17)6)18(3,4)5;1-13-8-6-7-9-15(13)16-11-10-14(12-18(16)5)17(2,3)4/h13-15,17-18,20H,9-12,16H2,1-8H3;12-13,15-18,20H,8-11,14H2,1-7H3;8-13H,7H2,1-6H3;7-12H,1-6H3;6-12H,1-5H3/q5*+1. The van der Waals surface area contributed by atoms with Gasteiger partial charge >= 0.3 is 358 Å². The number of aromatic nitrogens is 5. The molecule has 0 atom stereocenters. The van der Waals surface area contributed by atoms with E-state index in [4.69, 9.17) is 0 Å². The number of pyridine rings is 5. The van der Waals surface area contributed by atoms with Crippen LogP contribution >= 0.6 is 0 Å². The Balaban J connectivity index is 0.000000178. The molecule has 0 radical (unpaired) electrons. The molecule has 2 fully saturated rings. The Kier molecular flexibility index (Phi) is 31.3. The van der Waals surface area contributed by atoms with Crippen molar-refractivity contribution in [3.63, 3.8) is 0 Å². The molecule has 0 spiro atoms. The Bertz CT molecular complexity index is 4880. The molecular weight excluding hydrogens is 1570 g/mol. The molecular formula is C102H150Ge3N5Si2+5. The van der Waals surface area contributed by atoms with Crippen molar-refractivity contribution in [1.29, 1.82) is 0 Å². The van der Waals surface area contributed by atoms with Gasteiger partial charge in [-0.25, -0.2) is 9.13 Å². The molecule has 10 heteroatoms. The molecule has 5 heterocycles. The molecule has 2 aliphatic carbocycles. The molecule has 2 aliphatic rings. The Hall–Kier alpha value is -6.09. The van der Waals surface area contributed by atoms with Crippen LogP contribution in [0.4, 0.5) is 0 Å². The van der Waals surface area contributed by atoms with Gasteiger partial charge in [0.25, 0.3) is 0 Å². The van der Waals surface area contributed by atoms with E-state index in [0.717, 1.165) is 18.3 Å². The Morgan fingerprint density at radius 3 is 1.14 bits per heavy atom. The van der Waals surface area contributed by atoms with Gasteiger partial charge in [-0.2, -0.15) is 0 Å². The minimum absolute atomic E-state index is 0.195. The number of nitrogens with zero attached hydrogens (tertiary/aromatic N) is 5. The van der Waals surface area contributed by atoms with Gasteiger partial charge in [-0.15, -0.1) is 0 Å². The van der Waals surface area contributed by atoms with E-state index < -0.39 is 55.9 Å². The Morgan fingerprint density at radius 2 is 0.750 bits per heavy atom. The molecule has 598 valence electrons. The molecule has 0 N–H and O–H groups in total. The first-order valence-corrected chi connectivity index (χ1v) is 71.7. The van der Waals surface area contributed by atoms with E-state index in [1.165, 1.54) is 171 Å². The quantitative estimate of drug-likeness (QED) is 0.0679. The first-order valence-electron chi connectivity index (χ1n) is 42.7. The van der Waals surface area contributed by atoms with Crippen molar-refractivity contribution in [2.24, 2.45) is 47.1 Å². The van der Waals surface area contributed by atoms with Crippen molar-refractivity contribution in [3.05, 3.63) is 238 Å². The molecule has 2 saturated carbocycles. The normalized spacial score (nSPS) is 13.7. The van der Waals surface area contributed by atoms with E-state index in [1.54, 1.807) is 34.7 Å². The maximum atomic E-state index is 2.54. The first-order chi connectivity index (χ1) is 52.2. The molecule has 10 aromatic rings. The number of aryl methyl sites for hydroxylation is 12. The maximum absolute atomic E-state index is 2.54. The molecule has 5 aromatic heterocycles. The van der Waals surface area contributed by atoms with Crippen LogP contribution in [0.5, 0.6) is 0 Å². The van der Waals surface area contributed by atoms with Crippen molar-refractivity contribution in [2.75, 3.05) is 0 Å². The van der Waals surface area contributed by atoms with Gasteiger partial charge in [0.05, 0.1) is 16.1 Å². The summed E-state index contributed by atoms with van der Waals surface area (Å²) in [6.45, 7) is 42.0. The van der Waals surface area contributed by atoms with Crippen molar-refractivity contribution in [3.8, 4) is 56.3 Å². The van der Waals surface area contributed by atoms with Crippen molar-refractivity contribution >= 4 is 79.5 Å². The molecule has 0 bridgehead atoms. The Labute approximate surface area is 693 Å². The van der Waals surface area contributed by atoms with E-state index >= 15 is 0 Å². The number of hydrogen-bond donors (Lipinski definition) is 0. The van der Waals surface area contributed by atoms with Crippen LogP contribution in [0, 0.1) is 53.4 Å². The fourth-order valence-electron chi connectivity index (χ4n) is 17.0. The zero-order chi connectivity index (χ0) is 82.9. The number of hydrogen-bond acceptors (Lipinski definition) is 0. The van der Waals surface area contributed by atoms with Gasteiger partial charge in [-0.05, 0) is 94.6 Å². The summed E-state index contributed by atoms with van der Waals surface area (Å²) in [5.41, 5.74) is 29.5. The minimum atomic E-state index is -1.81. The Morgan fingerprint density at radius 1 is 0.366 bits per heavy atom. The fourth-order valence-corrected chi connectivity index (χ4v) is 30.5. The second-order valence-corrected chi connectivity index (χ2v) is 82.0. The van der Waals surface area contributed by atoms with Gasteiger partial charge in [0, 0.05) is 34.4 Å². The van der Waals surface area contributed by atoms with E-state index in [1.807, 2.05) is 0 Å². The van der Waals surface area contributed by atoms with E-state index in [-0.39, 0.29) is 5.41 Å². The zero-order valence-electron chi connectivity index (χ0n) is 76.5. The number of benzene rings is 5. The molecule has 5 aromatic carbocycles. The van der Waals surface area contributed by atoms with Crippen LogP contribution in [0.25, 0.3) is 56.3 Å². The summed E-state index contributed by atoms with van der Waals surface area (Å²) in [5, 5.41) is 3.32. The average molecular weight is 1720 g/mol. The molecule has 12 rings (SSSR count). The van der Waals surface area contributed by atoms with Crippen molar-refractivity contribution < 1.29 is 22.8 Å². The summed E-state index contributed by atoms with van der Waals surface area (Å²) in [4.78, 5) is 0. The SMILES string of the molecule is CCc1cc(-c2ccccc2C)[n+](C)c[c]1[Ge]([CH3])([CH3])[CH3].Cc1cc(C(C)(C)C)ccc1-c1cc([Si](C)(C)C)c(CC2CCCC2)c[n+]1C.Cc1ccc(C(C)C)cc1-c1cc([Si](C)(C)C)c(CC2CCCC2)c[n+]1C.Cc1ccccc1-c1cc(C)[c]([Ge]([CH3])([CH3])[CH3])c[n+]1C.Cc1ccccc1-c1cc[c]([Ge]([CH3])([CH3])[CH3])c[n+]1C. The predicted molar refractivity (Wildman–Crippen MR) is 502 cm³/mol. The van der Waals surface area contributed by atoms with Gasteiger partial charge in [0.15, 0.2) is 12.4 Å². The summed E-state index contributed by atoms with van der Waals surface area (Å²) in [6.07, 6.45) is 27.1. The molecule has 0 unspecified atom stereocenters.